The third-order valence-electron chi connectivity index (χ3n) is 3.21. The molecule has 6 heteroatoms. The van der Waals surface area contributed by atoms with Gasteiger partial charge in [0.1, 0.15) is 0 Å². The highest BCUT2D eigenvalue weighted by atomic mass is 16.2. The second kappa shape index (κ2) is 7.20. The van der Waals surface area contributed by atoms with Crippen LogP contribution in [-0.4, -0.2) is 56.6 Å². The van der Waals surface area contributed by atoms with Crippen molar-refractivity contribution in [3.05, 3.63) is 0 Å². The SMILES string of the molecule is CC1NCCCC1C(=O)NCCNC(=O)N(C)C. The van der Waals surface area contributed by atoms with Crippen molar-refractivity contribution in [3.8, 4) is 0 Å². The molecule has 1 saturated heterocycles. The Morgan fingerprint density at radius 3 is 2.56 bits per heavy atom. The summed E-state index contributed by atoms with van der Waals surface area (Å²) < 4.78 is 0. The average Bonchev–Trinajstić information content (AvgIpc) is 2.34. The Morgan fingerprint density at radius 1 is 1.28 bits per heavy atom. The molecule has 0 aromatic heterocycles. The highest BCUT2D eigenvalue weighted by molar-refractivity contribution is 5.79. The number of hydrogen-bond acceptors (Lipinski definition) is 3. The van der Waals surface area contributed by atoms with Crippen LogP contribution in [0.5, 0.6) is 0 Å². The molecule has 1 aliphatic heterocycles. The number of carbonyl (C=O) groups is 2. The summed E-state index contributed by atoms with van der Waals surface area (Å²) >= 11 is 0. The fourth-order valence-corrected chi connectivity index (χ4v) is 2.05. The number of amides is 3. The van der Waals surface area contributed by atoms with Gasteiger partial charge in [0, 0.05) is 33.2 Å². The van der Waals surface area contributed by atoms with E-state index >= 15 is 0 Å². The number of nitrogens with zero attached hydrogens (tertiary/aromatic N) is 1. The Balaban J connectivity index is 2.18. The number of hydrogen-bond donors (Lipinski definition) is 3. The second-order valence-electron chi connectivity index (χ2n) is 4.91. The van der Waals surface area contributed by atoms with Gasteiger partial charge in [0.25, 0.3) is 0 Å². The van der Waals surface area contributed by atoms with Crippen molar-refractivity contribution in [2.24, 2.45) is 5.92 Å². The van der Waals surface area contributed by atoms with E-state index in [9.17, 15) is 9.59 Å². The highest BCUT2D eigenvalue weighted by Crippen LogP contribution is 2.15. The normalized spacial score (nSPS) is 23.3. The molecule has 0 aliphatic carbocycles. The van der Waals surface area contributed by atoms with Gasteiger partial charge in [-0.15, -0.1) is 0 Å². The Kier molecular flexibility index (Phi) is 5.91. The van der Waals surface area contributed by atoms with E-state index in [0.717, 1.165) is 19.4 Å². The van der Waals surface area contributed by atoms with Crippen molar-refractivity contribution in [1.82, 2.24) is 20.9 Å². The lowest BCUT2D eigenvalue weighted by molar-refractivity contribution is -0.126. The van der Waals surface area contributed by atoms with Crippen LogP contribution in [0.2, 0.25) is 0 Å². The molecule has 0 aromatic carbocycles. The van der Waals surface area contributed by atoms with Crippen molar-refractivity contribution in [2.45, 2.75) is 25.8 Å². The topological polar surface area (TPSA) is 73.5 Å². The first kappa shape index (κ1) is 14.8. The molecular formula is C12H24N4O2. The quantitative estimate of drug-likeness (QED) is 0.608. The van der Waals surface area contributed by atoms with Gasteiger partial charge in [-0.2, -0.15) is 0 Å². The molecule has 6 nitrogen and oxygen atoms in total. The first-order valence-electron chi connectivity index (χ1n) is 6.48. The Bertz CT molecular complexity index is 294. The van der Waals surface area contributed by atoms with E-state index in [4.69, 9.17) is 0 Å². The fourth-order valence-electron chi connectivity index (χ4n) is 2.05. The van der Waals surface area contributed by atoms with Gasteiger partial charge in [0.2, 0.25) is 5.91 Å². The molecule has 3 N–H and O–H groups in total. The van der Waals surface area contributed by atoms with E-state index in [2.05, 4.69) is 16.0 Å². The van der Waals surface area contributed by atoms with Gasteiger partial charge in [-0.3, -0.25) is 4.79 Å². The molecule has 3 amide bonds. The predicted octanol–water partition coefficient (Wildman–Crippen LogP) is -0.238. The number of carbonyl (C=O) groups excluding carboxylic acids is 2. The Labute approximate surface area is 108 Å². The second-order valence-corrected chi connectivity index (χ2v) is 4.91. The average molecular weight is 256 g/mol. The molecule has 1 rings (SSSR count). The number of nitrogens with one attached hydrogen (secondary N) is 3. The fraction of sp³-hybridized carbons (Fsp3) is 0.833. The van der Waals surface area contributed by atoms with Crippen molar-refractivity contribution >= 4 is 11.9 Å². The van der Waals surface area contributed by atoms with Crippen LogP contribution in [0.4, 0.5) is 4.79 Å². The zero-order valence-electron chi connectivity index (χ0n) is 11.5. The zero-order chi connectivity index (χ0) is 13.5. The molecule has 0 aromatic rings. The van der Waals surface area contributed by atoms with Crippen molar-refractivity contribution < 1.29 is 9.59 Å². The van der Waals surface area contributed by atoms with Crippen LogP contribution in [0.1, 0.15) is 19.8 Å². The summed E-state index contributed by atoms with van der Waals surface area (Å²) in [6, 6.07) is 0.0899. The van der Waals surface area contributed by atoms with Gasteiger partial charge in [0.05, 0.1) is 5.92 Å². The Hall–Kier alpha value is -1.30. The maximum Gasteiger partial charge on any atom is 0.316 e. The molecule has 1 aliphatic rings. The lowest BCUT2D eigenvalue weighted by Gasteiger charge is -2.28. The number of piperidine rings is 1. The van der Waals surface area contributed by atoms with Crippen molar-refractivity contribution in [1.29, 1.82) is 0 Å². The lowest BCUT2D eigenvalue weighted by Crippen LogP contribution is -2.48. The predicted molar refractivity (Wildman–Crippen MR) is 70.3 cm³/mol. The van der Waals surface area contributed by atoms with Crippen LogP contribution >= 0.6 is 0 Å². The summed E-state index contributed by atoms with van der Waals surface area (Å²) in [6.07, 6.45) is 1.98. The molecule has 104 valence electrons. The molecular weight excluding hydrogens is 232 g/mol. The van der Waals surface area contributed by atoms with Crippen LogP contribution in [0, 0.1) is 5.92 Å². The van der Waals surface area contributed by atoms with Gasteiger partial charge in [-0.1, -0.05) is 0 Å². The summed E-state index contributed by atoms with van der Waals surface area (Å²) in [5.74, 6) is 0.122. The lowest BCUT2D eigenvalue weighted by atomic mass is 9.91. The van der Waals surface area contributed by atoms with E-state index in [0.29, 0.717) is 13.1 Å². The third-order valence-corrected chi connectivity index (χ3v) is 3.21. The molecule has 18 heavy (non-hydrogen) atoms. The van der Waals surface area contributed by atoms with Crippen LogP contribution in [-0.2, 0) is 4.79 Å². The number of rotatable bonds is 4. The highest BCUT2D eigenvalue weighted by Gasteiger charge is 2.26. The molecule has 2 unspecified atom stereocenters. The molecule has 1 fully saturated rings. The summed E-state index contributed by atoms with van der Waals surface area (Å²) in [6.45, 7) is 3.96. The Morgan fingerprint density at radius 2 is 1.94 bits per heavy atom. The third kappa shape index (κ3) is 4.52. The first-order valence-corrected chi connectivity index (χ1v) is 6.48. The van der Waals surface area contributed by atoms with E-state index < -0.39 is 0 Å². The number of urea groups is 1. The van der Waals surface area contributed by atoms with Gasteiger partial charge in [0.15, 0.2) is 0 Å². The van der Waals surface area contributed by atoms with Crippen molar-refractivity contribution in [3.63, 3.8) is 0 Å². The van der Waals surface area contributed by atoms with Crippen LogP contribution in [0.25, 0.3) is 0 Å². The van der Waals surface area contributed by atoms with E-state index in [1.807, 2.05) is 6.92 Å². The summed E-state index contributed by atoms with van der Waals surface area (Å²) in [5.41, 5.74) is 0. The molecule has 2 atom stereocenters. The first-order chi connectivity index (χ1) is 8.52. The van der Waals surface area contributed by atoms with E-state index in [1.54, 1.807) is 14.1 Å². The molecule has 0 saturated carbocycles. The minimum atomic E-state index is -0.142. The zero-order valence-corrected chi connectivity index (χ0v) is 11.5. The minimum absolute atomic E-state index is 0.0447. The largest absolute Gasteiger partial charge is 0.354 e. The summed E-state index contributed by atoms with van der Waals surface area (Å²) in [5, 5.41) is 8.87. The summed E-state index contributed by atoms with van der Waals surface area (Å²) in [7, 11) is 3.37. The van der Waals surface area contributed by atoms with Gasteiger partial charge < -0.3 is 20.9 Å². The maximum atomic E-state index is 11.9. The van der Waals surface area contributed by atoms with Gasteiger partial charge >= 0.3 is 6.03 Å². The van der Waals surface area contributed by atoms with Gasteiger partial charge in [-0.05, 0) is 26.3 Å². The summed E-state index contributed by atoms with van der Waals surface area (Å²) in [4.78, 5) is 24.6. The van der Waals surface area contributed by atoms with Crippen molar-refractivity contribution in [2.75, 3.05) is 33.7 Å². The monoisotopic (exact) mass is 256 g/mol. The molecule has 0 bridgehead atoms. The smallest absolute Gasteiger partial charge is 0.316 e. The molecule has 1 heterocycles. The van der Waals surface area contributed by atoms with E-state index in [1.165, 1.54) is 4.90 Å². The van der Waals surface area contributed by atoms with Crippen LogP contribution in [0.15, 0.2) is 0 Å². The minimum Gasteiger partial charge on any atom is -0.354 e. The van der Waals surface area contributed by atoms with Gasteiger partial charge in [-0.25, -0.2) is 4.79 Å². The molecule has 0 spiro atoms. The molecule has 0 radical (unpaired) electrons. The standard InChI is InChI=1S/C12H24N4O2/c1-9-10(5-4-6-13-9)11(17)14-7-8-15-12(18)16(2)3/h9-10,13H,4-8H2,1-3H3,(H,14,17)(H,15,18). The maximum absolute atomic E-state index is 11.9. The van der Waals surface area contributed by atoms with Crippen LogP contribution in [0.3, 0.4) is 0 Å². The van der Waals surface area contributed by atoms with E-state index in [-0.39, 0.29) is 23.9 Å². The van der Waals surface area contributed by atoms with Crippen LogP contribution < -0.4 is 16.0 Å².